The fourth-order valence-electron chi connectivity index (χ4n) is 3.19. The van der Waals surface area contributed by atoms with Crippen molar-refractivity contribution in [2.75, 3.05) is 6.61 Å². The van der Waals surface area contributed by atoms with Gasteiger partial charge in [0, 0.05) is 20.8 Å². The molecule has 1 aromatic heterocycles. The van der Waals surface area contributed by atoms with Gasteiger partial charge in [-0.3, -0.25) is 19.0 Å². The summed E-state index contributed by atoms with van der Waals surface area (Å²) in [7, 11) is 0. The molecular weight excluding hydrogens is 375 g/mol. The van der Waals surface area contributed by atoms with E-state index in [2.05, 4.69) is 4.98 Å². The molecular formula is C18H19FN2O7. The van der Waals surface area contributed by atoms with Crippen LogP contribution in [0.3, 0.4) is 0 Å². The zero-order chi connectivity index (χ0) is 20.4. The minimum absolute atomic E-state index is 0.110. The molecule has 0 N–H and O–H groups in total. The number of ether oxygens (including phenoxy) is 4. The molecule has 1 saturated heterocycles. The van der Waals surface area contributed by atoms with Gasteiger partial charge in [0.1, 0.15) is 5.52 Å². The zero-order valence-corrected chi connectivity index (χ0v) is 15.5. The summed E-state index contributed by atoms with van der Waals surface area (Å²) in [6.45, 7) is 3.43. The number of halogens is 1. The molecule has 2 aromatic rings. The number of hydrogen-bond donors (Lipinski definition) is 0. The lowest BCUT2D eigenvalue weighted by atomic mass is 10.0. The fourth-order valence-corrected chi connectivity index (χ4v) is 3.19. The van der Waals surface area contributed by atoms with Crippen molar-refractivity contribution in [3.05, 3.63) is 30.3 Å². The first-order valence-corrected chi connectivity index (χ1v) is 8.52. The first-order chi connectivity index (χ1) is 13.3. The van der Waals surface area contributed by atoms with Crippen molar-refractivity contribution in [3.8, 4) is 0 Å². The number of carbonyl (C=O) groups is 3. The second-order valence-electron chi connectivity index (χ2n) is 6.28. The van der Waals surface area contributed by atoms with Crippen LogP contribution in [0.4, 0.5) is 4.39 Å². The van der Waals surface area contributed by atoms with E-state index in [0.717, 1.165) is 0 Å². The summed E-state index contributed by atoms with van der Waals surface area (Å²) >= 11 is 0. The van der Waals surface area contributed by atoms with Crippen LogP contribution in [0.2, 0.25) is 0 Å². The topological polar surface area (TPSA) is 106 Å². The first kappa shape index (κ1) is 19.7. The van der Waals surface area contributed by atoms with E-state index >= 15 is 0 Å². The normalized spacial score (nSPS) is 24.6. The van der Waals surface area contributed by atoms with E-state index in [9.17, 15) is 18.8 Å². The standard InChI is InChI=1S/C18H19FN2O7/c1-9(22)26-14-7-25-18(17(28-11(3)24)16(14)27-10(2)23)21-8-20-15-12(19)5-4-6-13(15)21/h4-6,8,14,16-18H,7H2,1-3H3/t14-,16-,17-,18-/m1/s1. The summed E-state index contributed by atoms with van der Waals surface area (Å²) in [5, 5.41) is 0. The number of fused-ring (bicyclic) bond motifs is 1. The summed E-state index contributed by atoms with van der Waals surface area (Å²) in [4.78, 5) is 38.8. The lowest BCUT2D eigenvalue weighted by molar-refractivity contribution is -0.239. The number of rotatable bonds is 4. The molecule has 0 spiro atoms. The highest BCUT2D eigenvalue weighted by atomic mass is 19.1. The Morgan fingerprint density at radius 1 is 1.07 bits per heavy atom. The van der Waals surface area contributed by atoms with Gasteiger partial charge in [-0.15, -0.1) is 0 Å². The van der Waals surface area contributed by atoms with Gasteiger partial charge in [0.2, 0.25) is 0 Å². The van der Waals surface area contributed by atoms with Gasteiger partial charge in [-0.25, -0.2) is 9.37 Å². The van der Waals surface area contributed by atoms with Crippen LogP contribution in [0.5, 0.6) is 0 Å². The van der Waals surface area contributed by atoms with E-state index in [0.29, 0.717) is 5.52 Å². The lowest BCUT2D eigenvalue weighted by Crippen LogP contribution is -2.55. The minimum Gasteiger partial charge on any atom is -0.456 e. The van der Waals surface area contributed by atoms with E-state index < -0.39 is 48.3 Å². The van der Waals surface area contributed by atoms with Crippen molar-refractivity contribution in [3.63, 3.8) is 0 Å². The van der Waals surface area contributed by atoms with Crippen LogP contribution >= 0.6 is 0 Å². The van der Waals surface area contributed by atoms with Gasteiger partial charge in [-0.1, -0.05) is 6.07 Å². The Hall–Kier alpha value is -3.01. The third-order valence-electron chi connectivity index (χ3n) is 4.15. The summed E-state index contributed by atoms with van der Waals surface area (Å²) in [5.41, 5.74) is 0.508. The minimum atomic E-state index is -1.15. The number of aromatic nitrogens is 2. The molecule has 0 radical (unpaired) electrons. The van der Waals surface area contributed by atoms with Gasteiger partial charge in [0.05, 0.1) is 18.5 Å². The molecule has 1 aliphatic heterocycles. The Kier molecular flexibility index (Phi) is 5.59. The summed E-state index contributed by atoms with van der Waals surface area (Å²) in [6.07, 6.45) is -2.89. The predicted octanol–water partition coefficient (Wildman–Crippen LogP) is 1.50. The number of benzene rings is 1. The molecule has 9 nitrogen and oxygen atoms in total. The highest BCUT2D eigenvalue weighted by Gasteiger charge is 2.48. The maximum atomic E-state index is 14.0. The Labute approximate surface area is 159 Å². The van der Waals surface area contributed by atoms with Crippen LogP contribution in [-0.4, -0.2) is 52.4 Å². The molecule has 4 atom stereocenters. The monoisotopic (exact) mass is 394 g/mol. The third kappa shape index (κ3) is 3.96. The largest absolute Gasteiger partial charge is 0.456 e. The van der Waals surface area contributed by atoms with E-state index in [1.165, 1.54) is 43.8 Å². The number of hydrogen-bond acceptors (Lipinski definition) is 8. The second-order valence-corrected chi connectivity index (χ2v) is 6.28. The molecule has 0 saturated carbocycles. The van der Waals surface area contributed by atoms with Gasteiger partial charge < -0.3 is 18.9 Å². The average molecular weight is 394 g/mol. The predicted molar refractivity (Wildman–Crippen MR) is 91.3 cm³/mol. The van der Waals surface area contributed by atoms with Crippen molar-refractivity contribution in [1.29, 1.82) is 0 Å². The summed E-state index contributed by atoms with van der Waals surface area (Å²) in [6, 6.07) is 4.40. The van der Waals surface area contributed by atoms with Gasteiger partial charge in [0.25, 0.3) is 0 Å². The Balaban J connectivity index is 2.03. The number of esters is 3. The molecule has 2 heterocycles. The molecule has 1 fully saturated rings. The Morgan fingerprint density at radius 2 is 1.71 bits per heavy atom. The molecule has 10 heteroatoms. The highest BCUT2D eigenvalue weighted by Crippen LogP contribution is 2.33. The average Bonchev–Trinajstić information content (AvgIpc) is 3.02. The molecule has 3 rings (SSSR count). The molecule has 0 amide bonds. The van der Waals surface area contributed by atoms with Gasteiger partial charge >= 0.3 is 17.9 Å². The SMILES string of the molecule is CC(=O)O[C@@H]1[C@H](OC(C)=O)[C@H](OC(C)=O)CO[C@H]1n1cnc2c(F)cccc21. The van der Waals surface area contributed by atoms with Crippen LogP contribution in [0, 0.1) is 5.82 Å². The molecule has 1 aromatic carbocycles. The van der Waals surface area contributed by atoms with Crippen LogP contribution in [0.1, 0.15) is 27.0 Å². The van der Waals surface area contributed by atoms with Crippen molar-refractivity contribution >= 4 is 28.9 Å². The highest BCUT2D eigenvalue weighted by molar-refractivity contribution is 5.76. The van der Waals surface area contributed by atoms with Gasteiger partial charge in [-0.2, -0.15) is 0 Å². The Morgan fingerprint density at radius 3 is 2.36 bits per heavy atom. The molecule has 150 valence electrons. The maximum absolute atomic E-state index is 14.0. The van der Waals surface area contributed by atoms with E-state index in [1.807, 2.05) is 0 Å². The van der Waals surface area contributed by atoms with Crippen LogP contribution < -0.4 is 0 Å². The van der Waals surface area contributed by atoms with E-state index in [1.54, 1.807) is 6.07 Å². The molecule has 1 aliphatic rings. The second kappa shape index (κ2) is 7.93. The van der Waals surface area contributed by atoms with Gasteiger partial charge in [-0.05, 0) is 12.1 Å². The smallest absolute Gasteiger partial charge is 0.303 e. The summed E-state index contributed by atoms with van der Waals surface area (Å²) < 4.78 is 37.1. The number of carbonyl (C=O) groups excluding carboxylic acids is 3. The Bertz CT molecular complexity index is 912. The lowest BCUT2D eigenvalue weighted by Gasteiger charge is -2.40. The van der Waals surface area contributed by atoms with Gasteiger partial charge in [0.15, 0.2) is 30.4 Å². The van der Waals surface area contributed by atoms with Crippen molar-refractivity contribution < 1.29 is 37.7 Å². The molecule has 0 bridgehead atoms. The third-order valence-corrected chi connectivity index (χ3v) is 4.15. The quantitative estimate of drug-likeness (QED) is 0.567. The number of imidazole rings is 1. The maximum Gasteiger partial charge on any atom is 0.303 e. The van der Waals surface area contributed by atoms with Crippen molar-refractivity contribution in [2.24, 2.45) is 0 Å². The molecule has 28 heavy (non-hydrogen) atoms. The number of para-hydroxylation sites is 1. The number of nitrogens with zero attached hydrogens (tertiary/aromatic N) is 2. The van der Waals surface area contributed by atoms with Crippen LogP contribution in [0.15, 0.2) is 24.5 Å². The summed E-state index contributed by atoms with van der Waals surface area (Å²) in [5.74, 6) is -2.44. The first-order valence-electron chi connectivity index (χ1n) is 8.52. The molecule has 0 unspecified atom stereocenters. The van der Waals surface area contributed by atoms with E-state index in [-0.39, 0.29) is 12.1 Å². The fraction of sp³-hybridized carbons (Fsp3) is 0.444. The zero-order valence-electron chi connectivity index (χ0n) is 15.5. The van der Waals surface area contributed by atoms with E-state index in [4.69, 9.17) is 18.9 Å². The van der Waals surface area contributed by atoms with Crippen molar-refractivity contribution in [1.82, 2.24) is 9.55 Å². The molecule has 0 aliphatic carbocycles. The van der Waals surface area contributed by atoms with Crippen LogP contribution in [-0.2, 0) is 33.3 Å². The van der Waals surface area contributed by atoms with Crippen molar-refractivity contribution in [2.45, 2.75) is 45.3 Å². The van der Waals surface area contributed by atoms with Crippen LogP contribution in [0.25, 0.3) is 11.0 Å².